The Morgan fingerprint density at radius 3 is 1.65 bits per heavy atom. The Labute approximate surface area is 190 Å². The van der Waals surface area contributed by atoms with Gasteiger partial charge in [0.05, 0.1) is 25.1 Å². The fourth-order valence-corrected chi connectivity index (χ4v) is 4.36. The van der Waals surface area contributed by atoms with Gasteiger partial charge in [-0.15, -0.1) is 0 Å². The smallest absolute Gasteiger partial charge is 0.269 e. The van der Waals surface area contributed by atoms with Crippen LogP contribution in [0.3, 0.4) is 0 Å². The van der Waals surface area contributed by atoms with E-state index in [2.05, 4.69) is 14.0 Å². The van der Waals surface area contributed by atoms with Crippen LogP contribution >= 0.6 is 0 Å². The third kappa shape index (κ3) is 13.5. The van der Waals surface area contributed by atoms with E-state index in [0.29, 0.717) is 0 Å². The number of likely N-dealkylation sites (N-methyl/N-ethyl adjacent to an activating group) is 1. The van der Waals surface area contributed by atoms with Crippen LogP contribution in [0.25, 0.3) is 0 Å². The van der Waals surface area contributed by atoms with Crippen LogP contribution in [0.4, 0.5) is 5.69 Å². The summed E-state index contributed by atoms with van der Waals surface area (Å²) < 4.78 is 0.784. The van der Waals surface area contributed by atoms with Gasteiger partial charge in [0, 0.05) is 17.7 Å². The molecule has 0 heterocycles. The first-order valence-electron chi connectivity index (χ1n) is 12.7. The van der Waals surface area contributed by atoms with Gasteiger partial charge in [0.2, 0.25) is 0 Å². The van der Waals surface area contributed by atoms with Gasteiger partial charge in [0.25, 0.3) is 5.69 Å². The number of hydrogen-bond acceptors (Lipinski definition) is 3. The minimum Gasteiger partial charge on any atom is -0.391 e. The van der Waals surface area contributed by atoms with Gasteiger partial charge in [-0.1, -0.05) is 84.0 Å². The summed E-state index contributed by atoms with van der Waals surface area (Å²) >= 11 is 0. The number of rotatable bonds is 20. The predicted octanol–water partition coefficient (Wildman–Crippen LogP) is 7.02. The van der Waals surface area contributed by atoms with E-state index >= 15 is 0 Å². The molecule has 0 radical (unpaired) electrons. The second kappa shape index (κ2) is 17.1. The van der Waals surface area contributed by atoms with Crippen LogP contribution in [0, 0.1) is 10.1 Å². The Morgan fingerprint density at radius 1 is 0.774 bits per heavy atom. The predicted molar refractivity (Wildman–Crippen MR) is 130 cm³/mol. The number of unbranched alkanes of at least 4 members (excludes halogenated alkanes) is 13. The molecule has 31 heavy (non-hydrogen) atoms. The molecule has 0 fully saturated rings. The normalized spacial score (nSPS) is 13.3. The molecular weight excluding hydrogens is 388 g/mol. The van der Waals surface area contributed by atoms with Gasteiger partial charge in [0.1, 0.15) is 13.1 Å². The van der Waals surface area contributed by atoms with E-state index in [4.69, 9.17) is 0 Å². The van der Waals surface area contributed by atoms with Gasteiger partial charge in [-0.25, -0.2) is 0 Å². The van der Waals surface area contributed by atoms with Crippen molar-refractivity contribution < 1.29 is 14.5 Å². The van der Waals surface area contributed by atoms with Crippen molar-refractivity contribution in [2.24, 2.45) is 0 Å². The second-order valence-corrected chi connectivity index (χ2v) is 9.47. The lowest BCUT2D eigenvalue weighted by Gasteiger charge is -2.34. The molecule has 1 atom stereocenters. The number of quaternary nitrogens is 1. The van der Waals surface area contributed by atoms with Crippen molar-refractivity contribution in [1.29, 1.82) is 0 Å². The highest BCUT2D eigenvalue weighted by Gasteiger charge is 2.21. The molecule has 1 aromatic rings. The van der Waals surface area contributed by atoms with Gasteiger partial charge >= 0.3 is 0 Å². The number of nitro groups is 1. The van der Waals surface area contributed by atoms with Crippen LogP contribution in [-0.4, -0.2) is 41.3 Å². The lowest BCUT2D eigenvalue weighted by molar-refractivity contribution is -0.923. The molecule has 0 amide bonds. The zero-order valence-corrected chi connectivity index (χ0v) is 20.2. The molecule has 5 heteroatoms. The van der Waals surface area contributed by atoms with Gasteiger partial charge in [0.15, 0.2) is 0 Å². The van der Waals surface area contributed by atoms with E-state index in [0.717, 1.165) is 29.7 Å². The summed E-state index contributed by atoms with van der Waals surface area (Å²) in [4.78, 5) is 10.5. The van der Waals surface area contributed by atoms with E-state index in [-0.39, 0.29) is 17.2 Å². The highest BCUT2D eigenvalue weighted by atomic mass is 16.6. The highest BCUT2D eigenvalue weighted by Crippen LogP contribution is 2.18. The van der Waals surface area contributed by atoms with Crippen molar-refractivity contribution >= 4 is 5.69 Å². The number of hydrogen-bond donors (Lipinski definition) is 1. The van der Waals surface area contributed by atoms with Crippen molar-refractivity contribution in [2.75, 3.05) is 26.7 Å². The summed E-state index contributed by atoms with van der Waals surface area (Å²) in [6.07, 6.45) is 19.0. The van der Waals surface area contributed by atoms with Gasteiger partial charge in [-0.2, -0.15) is 0 Å². The largest absolute Gasteiger partial charge is 0.391 e. The van der Waals surface area contributed by atoms with Gasteiger partial charge < -0.3 is 9.59 Å². The third-order valence-electron chi connectivity index (χ3n) is 6.40. The fourth-order valence-electron chi connectivity index (χ4n) is 4.36. The molecule has 0 aliphatic carbocycles. The molecule has 0 aromatic heterocycles. The van der Waals surface area contributed by atoms with Crippen LogP contribution in [0.1, 0.15) is 102 Å². The van der Waals surface area contributed by atoms with E-state index in [9.17, 15) is 15.2 Å². The SMILES string of the molecule is CCCCCCCCCCCCCCCC[N+](C)(CCO)Cc1ccc([N+](=O)[O-])cc1. The second-order valence-electron chi connectivity index (χ2n) is 9.47. The monoisotopic (exact) mass is 435 g/mol. The maximum absolute atomic E-state index is 10.8. The van der Waals surface area contributed by atoms with E-state index in [1.54, 1.807) is 12.1 Å². The number of benzene rings is 1. The molecule has 5 nitrogen and oxygen atoms in total. The average molecular weight is 436 g/mol. The number of aliphatic hydroxyl groups excluding tert-OH is 1. The van der Waals surface area contributed by atoms with Crippen LogP contribution in [0.15, 0.2) is 24.3 Å². The standard InChI is InChI=1S/C26H47N2O3/c1-3-4-5-6-7-8-9-10-11-12-13-14-15-16-21-28(2,22-23-29)24-25-17-19-26(20-18-25)27(30)31/h17-20,29H,3-16,21-24H2,1-2H3/q+1. The summed E-state index contributed by atoms with van der Waals surface area (Å²) in [5.41, 5.74) is 1.22. The molecule has 0 bridgehead atoms. The highest BCUT2D eigenvalue weighted by molar-refractivity contribution is 5.32. The molecule has 0 spiro atoms. The maximum Gasteiger partial charge on any atom is 0.269 e. The molecule has 0 aliphatic heterocycles. The number of nitro benzene ring substituents is 1. The molecule has 0 saturated carbocycles. The third-order valence-corrected chi connectivity index (χ3v) is 6.40. The lowest BCUT2D eigenvalue weighted by atomic mass is 10.0. The summed E-state index contributed by atoms with van der Waals surface area (Å²) in [5, 5.41) is 20.3. The maximum atomic E-state index is 10.8. The Balaban J connectivity index is 2.12. The van der Waals surface area contributed by atoms with E-state index in [1.165, 1.54) is 89.9 Å². The molecule has 1 aromatic carbocycles. The first-order chi connectivity index (χ1) is 15.0. The lowest BCUT2D eigenvalue weighted by Crippen LogP contribution is -2.46. The Morgan fingerprint density at radius 2 is 1.23 bits per heavy atom. The topological polar surface area (TPSA) is 63.4 Å². The number of aliphatic hydroxyl groups is 1. The van der Waals surface area contributed by atoms with Crippen molar-refractivity contribution in [2.45, 2.75) is 103 Å². The van der Waals surface area contributed by atoms with Crippen molar-refractivity contribution in [3.8, 4) is 0 Å². The number of non-ortho nitro benzene ring substituents is 1. The van der Waals surface area contributed by atoms with Crippen LogP contribution in [0.2, 0.25) is 0 Å². The first-order valence-corrected chi connectivity index (χ1v) is 12.7. The summed E-state index contributed by atoms with van der Waals surface area (Å²) in [6, 6.07) is 6.84. The molecule has 0 saturated heterocycles. The summed E-state index contributed by atoms with van der Waals surface area (Å²) in [5.74, 6) is 0. The quantitative estimate of drug-likeness (QED) is 0.104. The van der Waals surface area contributed by atoms with E-state index in [1.807, 2.05) is 12.1 Å². The van der Waals surface area contributed by atoms with Crippen LogP contribution < -0.4 is 0 Å². The van der Waals surface area contributed by atoms with E-state index < -0.39 is 0 Å². The molecule has 1 unspecified atom stereocenters. The van der Waals surface area contributed by atoms with Gasteiger partial charge in [-0.05, 0) is 25.0 Å². The molecule has 1 rings (SSSR count). The summed E-state index contributed by atoms with van der Waals surface area (Å²) in [6.45, 7) is 5.00. The Kier molecular flexibility index (Phi) is 15.2. The fraction of sp³-hybridized carbons (Fsp3) is 0.769. The Hall–Kier alpha value is -1.46. The Bertz CT molecular complexity index is 577. The zero-order valence-electron chi connectivity index (χ0n) is 20.2. The molecule has 1 N–H and O–H groups in total. The molecule has 178 valence electrons. The van der Waals surface area contributed by atoms with Crippen molar-refractivity contribution in [3.63, 3.8) is 0 Å². The van der Waals surface area contributed by atoms with Gasteiger partial charge in [-0.3, -0.25) is 10.1 Å². The van der Waals surface area contributed by atoms with Crippen LogP contribution in [-0.2, 0) is 6.54 Å². The van der Waals surface area contributed by atoms with Crippen LogP contribution in [0.5, 0.6) is 0 Å². The van der Waals surface area contributed by atoms with Crippen molar-refractivity contribution in [3.05, 3.63) is 39.9 Å². The zero-order chi connectivity index (χ0) is 22.8. The molecular formula is C26H47N2O3+. The summed E-state index contributed by atoms with van der Waals surface area (Å²) in [7, 11) is 2.18. The minimum atomic E-state index is -0.361. The number of nitrogens with zero attached hydrogens (tertiary/aromatic N) is 2. The minimum absolute atomic E-state index is 0.132. The average Bonchev–Trinajstić information content (AvgIpc) is 2.74. The first kappa shape index (κ1) is 27.6. The molecule has 0 aliphatic rings. The van der Waals surface area contributed by atoms with Crippen molar-refractivity contribution in [1.82, 2.24) is 0 Å².